The summed E-state index contributed by atoms with van der Waals surface area (Å²) in [5.74, 6) is 1.43. The molecule has 3 unspecified atom stereocenters. The Morgan fingerprint density at radius 3 is 2.89 bits per heavy atom. The second kappa shape index (κ2) is 4.12. The maximum absolute atomic E-state index is 9.63. The number of nitriles is 1. The first-order chi connectivity index (χ1) is 8.63. The fraction of sp³-hybridized carbons (Fsp3) is 0.733. The minimum absolute atomic E-state index is 0.112. The van der Waals surface area contributed by atoms with Gasteiger partial charge in [-0.25, -0.2) is 0 Å². The van der Waals surface area contributed by atoms with Gasteiger partial charge in [0.2, 0.25) is 0 Å². The zero-order chi connectivity index (χ0) is 12.8. The molecule has 3 atom stereocenters. The van der Waals surface area contributed by atoms with Gasteiger partial charge >= 0.3 is 0 Å². The van der Waals surface area contributed by atoms with Crippen LogP contribution in [-0.4, -0.2) is 9.78 Å². The minimum atomic E-state index is -0.112. The van der Waals surface area contributed by atoms with E-state index < -0.39 is 0 Å². The van der Waals surface area contributed by atoms with Crippen molar-refractivity contribution in [1.82, 2.24) is 9.78 Å². The van der Waals surface area contributed by atoms with Crippen LogP contribution in [0.5, 0.6) is 0 Å². The summed E-state index contributed by atoms with van der Waals surface area (Å²) in [5, 5.41) is 14.2. The topological polar surface area (TPSA) is 41.6 Å². The normalized spacial score (nSPS) is 34.1. The predicted octanol–water partition coefficient (Wildman–Crippen LogP) is 3.34. The van der Waals surface area contributed by atoms with E-state index in [1.807, 2.05) is 10.9 Å². The SMILES string of the molecule is CC(C)n1ccc(CC2(C#N)CC3CCC2C3)n1. The van der Waals surface area contributed by atoms with Gasteiger partial charge in [-0.1, -0.05) is 6.42 Å². The van der Waals surface area contributed by atoms with Crippen LogP contribution in [0.1, 0.15) is 51.3 Å². The molecular formula is C15H21N3. The second-order valence-electron chi connectivity index (χ2n) is 6.41. The molecule has 0 radical (unpaired) electrons. The van der Waals surface area contributed by atoms with E-state index in [1.54, 1.807) is 0 Å². The van der Waals surface area contributed by atoms with Crippen LogP contribution in [0.4, 0.5) is 0 Å². The molecule has 2 aliphatic rings. The number of rotatable bonds is 3. The van der Waals surface area contributed by atoms with Crippen molar-refractivity contribution in [3.63, 3.8) is 0 Å². The lowest BCUT2D eigenvalue weighted by atomic mass is 9.71. The summed E-state index contributed by atoms with van der Waals surface area (Å²) in [7, 11) is 0. The Balaban J connectivity index is 1.80. The largest absolute Gasteiger partial charge is 0.270 e. The number of aromatic nitrogens is 2. The van der Waals surface area contributed by atoms with Gasteiger partial charge in [-0.2, -0.15) is 10.4 Å². The molecule has 0 N–H and O–H groups in total. The Morgan fingerprint density at radius 2 is 2.39 bits per heavy atom. The molecule has 2 fully saturated rings. The third-order valence-corrected chi connectivity index (χ3v) is 4.89. The second-order valence-corrected chi connectivity index (χ2v) is 6.41. The van der Waals surface area contributed by atoms with Crippen LogP contribution in [0.3, 0.4) is 0 Å². The molecule has 96 valence electrons. The number of hydrogen-bond donors (Lipinski definition) is 0. The van der Waals surface area contributed by atoms with Crippen LogP contribution in [0.25, 0.3) is 0 Å². The highest BCUT2D eigenvalue weighted by Gasteiger charge is 2.51. The molecule has 1 heterocycles. The van der Waals surface area contributed by atoms with Gasteiger partial charge in [-0.05, 0) is 51.0 Å². The Hall–Kier alpha value is -1.30. The lowest BCUT2D eigenvalue weighted by Crippen LogP contribution is -2.28. The molecule has 0 saturated heterocycles. The monoisotopic (exact) mass is 243 g/mol. The molecule has 2 aliphatic carbocycles. The number of nitrogens with zero attached hydrogens (tertiary/aromatic N) is 3. The van der Waals surface area contributed by atoms with E-state index in [-0.39, 0.29) is 5.41 Å². The fourth-order valence-electron chi connectivity index (χ4n) is 3.92. The van der Waals surface area contributed by atoms with E-state index in [0.717, 1.165) is 24.5 Å². The lowest BCUT2D eigenvalue weighted by Gasteiger charge is -2.30. The summed E-state index contributed by atoms with van der Waals surface area (Å²) < 4.78 is 1.99. The maximum atomic E-state index is 9.63. The van der Waals surface area contributed by atoms with Crippen molar-refractivity contribution in [2.45, 2.75) is 52.0 Å². The van der Waals surface area contributed by atoms with Gasteiger partial charge in [0.05, 0.1) is 17.2 Å². The van der Waals surface area contributed by atoms with Gasteiger partial charge in [-0.3, -0.25) is 4.68 Å². The molecule has 18 heavy (non-hydrogen) atoms. The summed E-state index contributed by atoms with van der Waals surface area (Å²) in [6, 6.07) is 5.13. The standard InChI is InChI=1S/C15H21N3/c1-11(2)18-6-5-14(17-18)9-15(10-16)8-12-3-4-13(15)7-12/h5-6,11-13H,3-4,7-9H2,1-2H3. The molecule has 2 bridgehead atoms. The average molecular weight is 243 g/mol. The van der Waals surface area contributed by atoms with Gasteiger partial charge in [0, 0.05) is 18.7 Å². The van der Waals surface area contributed by atoms with E-state index in [1.165, 1.54) is 19.3 Å². The smallest absolute Gasteiger partial charge is 0.0696 e. The first-order valence-electron chi connectivity index (χ1n) is 7.08. The molecule has 0 spiro atoms. The van der Waals surface area contributed by atoms with Crippen molar-refractivity contribution in [2.75, 3.05) is 0 Å². The molecule has 3 nitrogen and oxygen atoms in total. The van der Waals surface area contributed by atoms with Crippen LogP contribution >= 0.6 is 0 Å². The van der Waals surface area contributed by atoms with Crippen molar-refractivity contribution in [1.29, 1.82) is 5.26 Å². The average Bonchev–Trinajstić information content (AvgIpc) is 3.03. The molecular weight excluding hydrogens is 222 g/mol. The van der Waals surface area contributed by atoms with Crippen LogP contribution < -0.4 is 0 Å². The van der Waals surface area contributed by atoms with Gasteiger partial charge in [0.25, 0.3) is 0 Å². The summed E-state index contributed by atoms with van der Waals surface area (Å²) >= 11 is 0. The first kappa shape index (κ1) is 11.8. The third-order valence-electron chi connectivity index (χ3n) is 4.89. The number of fused-ring (bicyclic) bond motifs is 2. The molecule has 2 saturated carbocycles. The summed E-state index contributed by atoms with van der Waals surface area (Å²) in [4.78, 5) is 0. The van der Waals surface area contributed by atoms with Gasteiger partial charge < -0.3 is 0 Å². The zero-order valence-electron chi connectivity index (χ0n) is 11.3. The Kier molecular flexibility index (Phi) is 2.69. The van der Waals surface area contributed by atoms with Gasteiger partial charge in [0.1, 0.15) is 0 Å². The maximum Gasteiger partial charge on any atom is 0.0696 e. The molecule has 0 aromatic carbocycles. The van der Waals surface area contributed by atoms with Crippen molar-refractivity contribution < 1.29 is 0 Å². The molecule has 1 aromatic heterocycles. The van der Waals surface area contributed by atoms with Gasteiger partial charge in [0.15, 0.2) is 0 Å². The molecule has 0 aliphatic heterocycles. The summed E-state index contributed by atoms with van der Waals surface area (Å²) in [6.45, 7) is 4.27. The highest BCUT2D eigenvalue weighted by atomic mass is 15.3. The Morgan fingerprint density at radius 1 is 1.56 bits per heavy atom. The molecule has 1 aromatic rings. The minimum Gasteiger partial charge on any atom is -0.270 e. The van der Waals surface area contributed by atoms with E-state index in [9.17, 15) is 5.26 Å². The lowest BCUT2D eigenvalue weighted by molar-refractivity contribution is 0.236. The van der Waals surface area contributed by atoms with Crippen molar-refractivity contribution in [3.05, 3.63) is 18.0 Å². The Bertz CT molecular complexity index is 482. The van der Waals surface area contributed by atoms with Crippen molar-refractivity contribution in [2.24, 2.45) is 17.3 Å². The van der Waals surface area contributed by atoms with Crippen molar-refractivity contribution >= 4 is 0 Å². The zero-order valence-corrected chi connectivity index (χ0v) is 11.3. The quantitative estimate of drug-likeness (QED) is 0.817. The van der Waals surface area contributed by atoms with Gasteiger partial charge in [-0.15, -0.1) is 0 Å². The van der Waals surface area contributed by atoms with Crippen LogP contribution in [0, 0.1) is 28.6 Å². The summed E-state index contributed by atoms with van der Waals surface area (Å²) in [5.41, 5.74) is 0.983. The van der Waals surface area contributed by atoms with Crippen molar-refractivity contribution in [3.8, 4) is 6.07 Å². The molecule has 3 heteroatoms. The van der Waals surface area contributed by atoms with E-state index in [4.69, 9.17) is 0 Å². The molecule has 3 rings (SSSR count). The predicted molar refractivity (Wildman–Crippen MR) is 69.8 cm³/mol. The first-order valence-corrected chi connectivity index (χ1v) is 7.08. The van der Waals surface area contributed by atoms with Crippen LogP contribution in [0.2, 0.25) is 0 Å². The fourth-order valence-corrected chi connectivity index (χ4v) is 3.92. The van der Waals surface area contributed by atoms with E-state index >= 15 is 0 Å². The Labute approximate surface area is 109 Å². The molecule has 0 amide bonds. The van der Waals surface area contributed by atoms with Crippen LogP contribution in [0.15, 0.2) is 12.3 Å². The van der Waals surface area contributed by atoms with E-state index in [0.29, 0.717) is 12.0 Å². The van der Waals surface area contributed by atoms with Crippen LogP contribution in [-0.2, 0) is 6.42 Å². The van der Waals surface area contributed by atoms with E-state index in [2.05, 4.69) is 31.1 Å². The highest BCUT2D eigenvalue weighted by Crippen LogP contribution is 2.56. The summed E-state index contributed by atoms with van der Waals surface area (Å²) in [6.07, 6.45) is 7.86. The highest BCUT2D eigenvalue weighted by molar-refractivity contribution is 5.17. The third kappa shape index (κ3) is 1.75. The number of hydrogen-bond acceptors (Lipinski definition) is 2.